The maximum atomic E-state index is 13.8. The number of aliphatic imine (C=N–C) groups is 1. The Morgan fingerprint density at radius 1 is 0.975 bits per heavy atom. The number of hydrogen-bond acceptors (Lipinski definition) is 5. The number of allylic oxidation sites excluding steroid dienone is 1. The molecule has 1 aliphatic rings. The van der Waals surface area contributed by atoms with Crippen molar-refractivity contribution in [1.82, 2.24) is 20.3 Å². The van der Waals surface area contributed by atoms with Gasteiger partial charge in [-0.15, -0.1) is 0 Å². The third kappa shape index (κ3) is 5.40. The zero-order valence-corrected chi connectivity index (χ0v) is 21.2. The van der Waals surface area contributed by atoms with Crippen LogP contribution in [0.4, 0.5) is 8.78 Å². The summed E-state index contributed by atoms with van der Waals surface area (Å²) in [4.78, 5) is 43.0. The van der Waals surface area contributed by atoms with Crippen molar-refractivity contribution in [3.63, 3.8) is 0 Å². The van der Waals surface area contributed by atoms with E-state index in [9.17, 15) is 18.4 Å². The molecule has 5 aromatic rings. The first-order chi connectivity index (χ1) is 19.4. The number of amides is 1. The number of fused-ring (bicyclic) bond motifs is 2. The fourth-order valence-corrected chi connectivity index (χ4v) is 4.78. The number of aromatic amines is 1. The molecule has 2 aromatic heterocycles. The molecule has 1 amide bonds. The summed E-state index contributed by atoms with van der Waals surface area (Å²) in [6.45, 7) is 0. The number of pyridine rings is 1. The molecule has 0 aliphatic carbocycles. The summed E-state index contributed by atoms with van der Waals surface area (Å²) >= 11 is 0. The molecule has 0 spiro atoms. The van der Waals surface area contributed by atoms with E-state index in [4.69, 9.17) is 0 Å². The highest BCUT2D eigenvalue weighted by atomic mass is 19.1. The van der Waals surface area contributed by atoms with Gasteiger partial charge in [-0.25, -0.2) is 13.8 Å². The lowest BCUT2D eigenvalue weighted by molar-refractivity contribution is -0.119. The quantitative estimate of drug-likeness (QED) is 0.266. The van der Waals surface area contributed by atoms with E-state index in [-0.39, 0.29) is 24.2 Å². The smallest absolute Gasteiger partial charge is 0.251 e. The molecule has 0 saturated heterocycles. The Bertz CT molecular complexity index is 1820. The van der Waals surface area contributed by atoms with Gasteiger partial charge in [-0.2, -0.15) is 0 Å². The lowest BCUT2D eigenvalue weighted by Crippen LogP contribution is -2.43. The van der Waals surface area contributed by atoms with Gasteiger partial charge in [0.2, 0.25) is 0 Å². The normalized spacial score (nSPS) is 13.5. The molecule has 9 heteroatoms. The standard InChI is InChI=1S/C31H23F2N5O2/c32-22-10-18(11-23(33)15-22)12-27(29(39)16-24-6-3-9-34-24)38-31(40)20-7-8-25-26(14-20)37-30(36-25)28-13-19-4-1-2-5-21(19)17-35-28/h1-5,7-11,13-15,17,27H,6,12,16H2,(H,36,37)(H,38,40)/t27-/m0/s1. The van der Waals surface area contributed by atoms with Crippen molar-refractivity contribution in [2.75, 3.05) is 0 Å². The number of benzene rings is 3. The summed E-state index contributed by atoms with van der Waals surface area (Å²) in [5.74, 6) is -1.74. The van der Waals surface area contributed by atoms with Crippen LogP contribution in [0, 0.1) is 11.6 Å². The van der Waals surface area contributed by atoms with Crippen LogP contribution in [0.1, 0.15) is 28.8 Å². The second kappa shape index (κ2) is 10.6. The largest absolute Gasteiger partial charge is 0.342 e. The molecule has 3 heterocycles. The number of imidazole rings is 1. The zero-order chi connectivity index (χ0) is 27.6. The minimum absolute atomic E-state index is 0.0252. The molecule has 0 fully saturated rings. The number of ketones is 1. The molecule has 0 radical (unpaired) electrons. The Labute approximate surface area is 227 Å². The summed E-state index contributed by atoms with van der Waals surface area (Å²) in [7, 11) is 0. The molecule has 1 atom stereocenters. The topological polar surface area (TPSA) is 100 Å². The molecule has 2 N–H and O–H groups in total. The van der Waals surface area contributed by atoms with E-state index in [2.05, 4.69) is 25.3 Å². The summed E-state index contributed by atoms with van der Waals surface area (Å²) in [6.07, 6.45) is 5.75. The Morgan fingerprint density at radius 2 is 1.77 bits per heavy atom. The second-order valence-corrected chi connectivity index (χ2v) is 9.67. The van der Waals surface area contributed by atoms with Crippen LogP contribution in [0.15, 0.2) is 90.2 Å². The third-order valence-corrected chi connectivity index (χ3v) is 6.77. The lowest BCUT2D eigenvalue weighted by atomic mass is 9.97. The highest BCUT2D eigenvalue weighted by molar-refractivity contribution is 6.07. The Balaban J connectivity index is 1.25. The number of carbonyl (C=O) groups excluding carboxylic acids is 2. The van der Waals surface area contributed by atoms with Gasteiger partial charge in [0.05, 0.1) is 17.1 Å². The van der Waals surface area contributed by atoms with Crippen molar-refractivity contribution in [1.29, 1.82) is 0 Å². The highest BCUT2D eigenvalue weighted by Crippen LogP contribution is 2.23. The maximum Gasteiger partial charge on any atom is 0.251 e. The third-order valence-electron chi connectivity index (χ3n) is 6.77. The Kier molecular flexibility index (Phi) is 6.69. The molecule has 198 valence electrons. The van der Waals surface area contributed by atoms with E-state index < -0.39 is 23.6 Å². The van der Waals surface area contributed by atoms with Gasteiger partial charge in [0.15, 0.2) is 11.6 Å². The number of hydrogen-bond donors (Lipinski definition) is 2. The van der Waals surface area contributed by atoms with E-state index in [1.165, 1.54) is 0 Å². The first kappa shape index (κ1) is 25.2. The van der Waals surface area contributed by atoms with Crippen molar-refractivity contribution in [3.05, 3.63) is 108 Å². The first-order valence-electron chi connectivity index (χ1n) is 12.8. The van der Waals surface area contributed by atoms with Crippen LogP contribution in [-0.2, 0) is 11.2 Å². The SMILES string of the molecule is O=C(N[C@@H](Cc1cc(F)cc(F)c1)C(=O)CC1=NC=CC1)c1ccc2nc(-c3cc4ccccc4cn3)[nH]c2c1. The fourth-order valence-electron chi connectivity index (χ4n) is 4.78. The molecule has 7 nitrogen and oxygen atoms in total. The van der Waals surface area contributed by atoms with E-state index in [1.807, 2.05) is 36.4 Å². The molecular weight excluding hydrogens is 512 g/mol. The predicted octanol–water partition coefficient (Wildman–Crippen LogP) is 5.72. The number of nitrogens with zero attached hydrogens (tertiary/aromatic N) is 3. The summed E-state index contributed by atoms with van der Waals surface area (Å²) < 4.78 is 27.7. The van der Waals surface area contributed by atoms with E-state index in [0.717, 1.165) is 29.0 Å². The molecule has 1 aliphatic heterocycles. The van der Waals surface area contributed by atoms with Gasteiger partial charge < -0.3 is 10.3 Å². The number of aromatic nitrogens is 3. The maximum absolute atomic E-state index is 13.8. The summed E-state index contributed by atoms with van der Waals surface area (Å²) in [5.41, 5.74) is 3.17. The van der Waals surface area contributed by atoms with Crippen LogP contribution >= 0.6 is 0 Å². The summed E-state index contributed by atoms with van der Waals surface area (Å²) in [6, 6.07) is 16.9. The van der Waals surface area contributed by atoms with Gasteiger partial charge in [0, 0.05) is 48.0 Å². The van der Waals surface area contributed by atoms with Crippen molar-refractivity contribution in [3.8, 4) is 11.5 Å². The molecule has 0 saturated carbocycles. The first-order valence-corrected chi connectivity index (χ1v) is 12.8. The monoisotopic (exact) mass is 535 g/mol. The van der Waals surface area contributed by atoms with Crippen LogP contribution in [0.3, 0.4) is 0 Å². The van der Waals surface area contributed by atoms with E-state index >= 15 is 0 Å². The Hall–Kier alpha value is -5.05. The average molecular weight is 536 g/mol. The van der Waals surface area contributed by atoms with Gasteiger partial charge in [0.1, 0.15) is 17.3 Å². The zero-order valence-electron chi connectivity index (χ0n) is 21.2. The molecule has 0 bridgehead atoms. The number of Topliss-reactive ketones (excluding diaryl/α,β-unsaturated/α-hetero) is 1. The van der Waals surface area contributed by atoms with Crippen molar-refractivity contribution >= 4 is 39.2 Å². The van der Waals surface area contributed by atoms with E-state index in [1.54, 1.807) is 30.6 Å². The predicted molar refractivity (Wildman–Crippen MR) is 149 cm³/mol. The fraction of sp³-hybridized carbons (Fsp3) is 0.129. The van der Waals surface area contributed by atoms with Gasteiger partial charge >= 0.3 is 0 Å². The average Bonchev–Trinajstić information content (AvgIpc) is 3.61. The second-order valence-electron chi connectivity index (χ2n) is 9.67. The molecule has 3 aromatic carbocycles. The number of halogens is 2. The number of rotatable bonds is 8. The van der Waals surface area contributed by atoms with Gasteiger partial charge in [-0.05, 0) is 53.8 Å². The Morgan fingerprint density at radius 3 is 2.55 bits per heavy atom. The minimum atomic E-state index is -1.01. The van der Waals surface area contributed by atoms with Crippen molar-refractivity contribution in [2.24, 2.45) is 4.99 Å². The molecular formula is C31H23F2N5O2. The molecule has 6 rings (SSSR count). The van der Waals surface area contributed by atoms with Crippen molar-refractivity contribution < 1.29 is 18.4 Å². The number of nitrogens with one attached hydrogen (secondary N) is 2. The lowest BCUT2D eigenvalue weighted by Gasteiger charge is -2.18. The highest BCUT2D eigenvalue weighted by Gasteiger charge is 2.24. The molecule has 0 unspecified atom stereocenters. The van der Waals surface area contributed by atoms with Gasteiger partial charge in [-0.3, -0.25) is 19.6 Å². The minimum Gasteiger partial charge on any atom is -0.342 e. The number of H-pyrrole nitrogens is 1. The van der Waals surface area contributed by atoms with Crippen LogP contribution in [-0.4, -0.2) is 38.4 Å². The van der Waals surface area contributed by atoms with Crippen LogP contribution < -0.4 is 5.32 Å². The summed E-state index contributed by atoms with van der Waals surface area (Å²) in [5, 5.41) is 4.81. The number of carbonyl (C=O) groups is 2. The van der Waals surface area contributed by atoms with Crippen LogP contribution in [0.5, 0.6) is 0 Å². The van der Waals surface area contributed by atoms with E-state index in [0.29, 0.717) is 40.2 Å². The van der Waals surface area contributed by atoms with Crippen LogP contribution in [0.25, 0.3) is 33.3 Å². The van der Waals surface area contributed by atoms with Gasteiger partial charge in [-0.1, -0.05) is 30.3 Å². The molecule has 40 heavy (non-hydrogen) atoms. The van der Waals surface area contributed by atoms with Crippen molar-refractivity contribution in [2.45, 2.75) is 25.3 Å². The van der Waals surface area contributed by atoms with Crippen LogP contribution in [0.2, 0.25) is 0 Å². The van der Waals surface area contributed by atoms with Gasteiger partial charge in [0.25, 0.3) is 5.91 Å².